The van der Waals surface area contributed by atoms with Crippen molar-refractivity contribution < 1.29 is 4.79 Å². The van der Waals surface area contributed by atoms with Crippen molar-refractivity contribution in [3.63, 3.8) is 0 Å². The molecule has 1 aromatic carbocycles. The highest BCUT2D eigenvalue weighted by Gasteiger charge is 2.12. The summed E-state index contributed by atoms with van der Waals surface area (Å²) >= 11 is 13.3. The summed E-state index contributed by atoms with van der Waals surface area (Å²) < 4.78 is 0. The molecule has 0 aromatic heterocycles. The van der Waals surface area contributed by atoms with E-state index in [0.29, 0.717) is 15.6 Å². The predicted molar refractivity (Wildman–Crippen MR) is 58.2 cm³/mol. The summed E-state index contributed by atoms with van der Waals surface area (Å²) in [6, 6.07) is 3.34. The van der Waals surface area contributed by atoms with Crippen LogP contribution < -0.4 is 0 Å². The molecule has 1 aromatic rings. The summed E-state index contributed by atoms with van der Waals surface area (Å²) in [4.78, 5) is 11.9. The molecule has 0 fully saturated rings. The van der Waals surface area contributed by atoms with Gasteiger partial charge in [-0.15, -0.1) is 11.8 Å². The van der Waals surface area contributed by atoms with Crippen molar-refractivity contribution in [2.75, 3.05) is 6.26 Å². The maximum atomic E-state index is 11.1. The van der Waals surface area contributed by atoms with E-state index in [9.17, 15) is 4.79 Å². The average Bonchev–Trinajstić information content (AvgIpc) is 2.04. The molecule has 13 heavy (non-hydrogen) atoms. The zero-order valence-electron chi connectivity index (χ0n) is 7.23. The van der Waals surface area contributed by atoms with Crippen molar-refractivity contribution in [2.45, 2.75) is 11.8 Å². The van der Waals surface area contributed by atoms with E-state index in [4.69, 9.17) is 23.2 Å². The van der Waals surface area contributed by atoms with E-state index in [1.165, 1.54) is 18.7 Å². The first-order valence-corrected chi connectivity index (χ1v) is 5.59. The van der Waals surface area contributed by atoms with Crippen LogP contribution in [0.1, 0.15) is 17.3 Å². The molecule has 0 bridgehead atoms. The van der Waals surface area contributed by atoms with Gasteiger partial charge in [-0.2, -0.15) is 0 Å². The smallest absolute Gasteiger partial charge is 0.161 e. The first-order chi connectivity index (χ1) is 6.07. The SMILES string of the molecule is CSc1c(Cl)ccc(C(C)=O)c1Cl. The summed E-state index contributed by atoms with van der Waals surface area (Å²) in [6.45, 7) is 1.49. The van der Waals surface area contributed by atoms with Gasteiger partial charge in [0, 0.05) is 10.5 Å². The number of carbonyl (C=O) groups is 1. The molecule has 0 aliphatic carbocycles. The number of hydrogen-bond acceptors (Lipinski definition) is 2. The molecule has 0 heterocycles. The van der Waals surface area contributed by atoms with E-state index in [-0.39, 0.29) is 5.78 Å². The first kappa shape index (κ1) is 10.9. The number of ketones is 1. The summed E-state index contributed by atoms with van der Waals surface area (Å²) in [5, 5.41) is 1.04. The molecule has 0 atom stereocenters. The Morgan fingerprint density at radius 3 is 2.46 bits per heavy atom. The van der Waals surface area contributed by atoms with Gasteiger partial charge < -0.3 is 0 Å². The normalized spacial score (nSPS) is 10.2. The van der Waals surface area contributed by atoms with Crippen LogP contribution in [-0.2, 0) is 0 Å². The van der Waals surface area contributed by atoms with Crippen LogP contribution in [0.3, 0.4) is 0 Å². The van der Waals surface area contributed by atoms with Crippen LogP contribution in [0.15, 0.2) is 17.0 Å². The van der Waals surface area contributed by atoms with E-state index < -0.39 is 0 Å². The van der Waals surface area contributed by atoms with Crippen LogP contribution in [-0.4, -0.2) is 12.0 Å². The Labute approximate surface area is 91.4 Å². The number of carbonyl (C=O) groups excluding carboxylic acids is 1. The third kappa shape index (κ3) is 2.19. The van der Waals surface area contributed by atoms with Gasteiger partial charge in [-0.25, -0.2) is 0 Å². The lowest BCUT2D eigenvalue weighted by atomic mass is 10.1. The monoisotopic (exact) mass is 234 g/mol. The Balaban J connectivity index is 3.35. The van der Waals surface area contributed by atoms with Gasteiger partial charge in [0.25, 0.3) is 0 Å². The van der Waals surface area contributed by atoms with E-state index in [1.54, 1.807) is 12.1 Å². The molecule has 0 spiro atoms. The van der Waals surface area contributed by atoms with Crippen LogP contribution in [0, 0.1) is 0 Å². The summed E-state index contributed by atoms with van der Waals surface area (Å²) in [5.41, 5.74) is 0.524. The van der Waals surface area contributed by atoms with E-state index in [2.05, 4.69) is 0 Å². The van der Waals surface area contributed by atoms with Gasteiger partial charge in [-0.1, -0.05) is 23.2 Å². The Bertz CT molecular complexity index is 350. The predicted octanol–water partition coefficient (Wildman–Crippen LogP) is 3.92. The maximum Gasteiger partial charge on any atom is 0.161 e. The third-order valence-corrected chi connectivity index (χ3v) is 3.40. The second-order valence-electron chi connectivity index (χ2n) is 2.50. The Hall–Kier alpha value is -0.180. The number of benzene rings is 1. The molecule has 0 radical (unpaired) electrons. The van der Waals surface area contributed by atoms with Crippen LogP contribution in [0.4, 0.5) is 0 Å². The number of Topliss-reactive ketones (excluding diaryl/α,β-unsaturated/α-hetero) is 1. The van der Waals surface area contributed by atoms with Gasteiger partial charge in [0.1, 0.15) is 0 Å². The molecular weight excluding hydrogens is 227 g/mol. The summed E-state index contributed by atoms with van der Waals surface area (Å²) in [7, 11) is 0. The minimum Gasteiger partial charge on any atom is -0.294 e. The molecule has 0 unspecified atom stereocenters. The van der Waals surface area contributed by atoms with Gasteiger partial charge in [-0.05, 0) is 25.3 Å². The lowest BCUT2D eigenvalue weighted by Gasteiger charge is -2.06. The number of thioether (sulfide) groups is 1. The fourth-order valence-corrected chi connectivity index (χ4v) is 2.51. The number of rotatable bonds is 2. The average molecular weight is 235 g/mol. The topological polar surface area (TPSA) is 17.1 Å². The molecule has 0 aliphatic rings. The molecule has 0 amide bonds. The lowest BCUT2D eigenvalue weighted by molar-refractivity contribution is 0.101. The summed E-state index contributed by atoms with van der Waals surface area (Å²) in [5.74, 6) is -0.0445. The van der Waals surface area contributed by atoms with Gasteiger partial charge in [0.2, 0.25) is 0 Å². The van der Waals surface area contributed by atoms with Crippen molar-refractivity contribution in [3.05, 3.63) is 27.7 Å². The number of hydrogen-bond donors (Lipinski definition) is 0. The molecule has 0 saturated carbocycles. The molecule has 4 heteroatoms. The minimum atomic E-state index is -0.0445. The zero-order chi connectivity index (χ0) is 10.0. The van der Waals surface area contributed by atoms with E-state index in [1.807, 2.05) is 6.26 Å². The van der Waals surface area contributed by atoms with Crippen LogP contribution in [0.2, 0.25) is 10.0 Å². The van der Waals surface area contributed by atoms with Crippen LogP contribution in [0.5, 0.6) is 0 Å². The van der Waals surface area contributed by atoms with Crippen molar-refractivity contribution in [1.82, 2.24) is 0 Å². The van der Waals surface area contributed by atoms with Crippen molar-refractivity contribution in [2.24, 2.45) is 0 Å². The Kier molecular flexibility index (Phi) is 3.65. The second-order valence-corrected chi connectivity index (χ2v) is 4.10. The van der Waals surface area contributed by atoms with E-state index in [0.717, 1.165) is 4.90 Å². The number of halogens is 2. The Morgan fingerprint density at radius 2 is 2.00 bits per heavy atom. The minimum absolute atomic E-state index is 0.0445. The fourth-order valence-electron chi connectivity index (χ4n) is 0.992. The fraction of sp³-hybridized carbons (Fsp3) is 0.222. The first-order valence-electron chi connectivity index (χ1n) is 3.61. The van der Waals surface area contributed by atoms with Gasteiger partial charge >= 0.3 is 0 Å². The van der Waals surface area contributed by atoms with Gasteiger partial charge in [-0.3, -0.25) is 4.79 Å². The molecule has 70 valence electrons. The van der Waals surface area contributed by atoms with Crippen LogP contribution >= 0.6 is 35.0 Å². The highest BCUT2D eigenvalue weighted by Crippen LogP contribution is 2.35. The maximum absolute atomic E-state index is 11.1. The highest BCUT2D eigenvalue weighted by atomic mass is 35.5. The quantitative estimate of drug-likeness (QED) is 0.570. The Morgan fingerprint density at radius 1 is 1.38 bits per heavy atom. The van der Waals surface area contributed by atoms with Crippen molar-refractivity contribution >= 4 is 40.7 Å². The molecule has 1 rings (SSSR count). The van der Waals surface area contributed by atoms with E-state index >= 15 is 0 Å². The zero-order valence-corrected chi connectivity index (χ0v) is 9.56. The standard InChI is InChI=1S/C9H8Cl2OS/c1-5(12)6-3-4-7(10)9(13-2)8(6)11/h3-4H,1-2H3. The third-order valence-electron chi connectivity index (χ3n) is 1.63. The van der Waals surface area contributed by atoms with Crippen LogP contribution in [0.25, 0.3) is 0 Å². The second kappa shape index (κ2) is 4.36. The van der Waals surface area contributed by atoms with Gasteiger partial charge in [0.05, 0.1) is 10.0 Å². The van der Waals surface area contributed by atoms with Crippen molar-refractivity contribution in [3.8, 4) is 0 Å². The summed E-state index contributed by atoms with van der Waals surface area (Å²) in [6.07, 6.45) is 1.87. The molecule has 1 nitrogen and oxygen atoms in total. The molecule has 0 N–H and O–H groups in total. The molecule has 0 saturated heterocycles. The lowest BCUT2D eigenvalue weighted by Crippen LogP contribution is -1.94. The van der Waals surface area contributed by atoms with Gasteiger partial charge in [0.15, 0.2) is 5.78 Å². The molecular formula is C9H8Cl2OS. The molecule has 0 aliphatic heterocycles. The van der Waals surface area contributed by atoms with Crippen molar-refractivity contribution in [1.29, 1.82) is 0 Å². The highest BCUT2D eigenvalue weighted by molar-refractivity contribution is 7.98. The largest absolute Gasteiger partial charge is 0.294 e.